The van der Waals surface area contributed by atoms with Gasteiger partial charge in [0, 0.05) is 38.6 Å². The molecule has 30 heavy (non-hydrogen) atoms. The summed E-state index contributed by atoms with van der Waals surface area (Å²) in [5.74, 6) is -1.20. The van der Waals surface area contributed by atoms with Crippen molar-refractivity contribution in [2.24, 2.45) is 0 Å². The van der Waals surface area contributed by atoms with E-state index < -0.39 is 15.8 Å². The van der Waals surface area contributed by atoms with E-state index in [1.165, 1.54) is 36.2 Å². The van der Waals surface area contributed by atoms with Crippen LogP contribution in [0.4, 0.5) is 10.1 Å². The lowest BCUT2D eigenvalue weighted by Gasteiger charge is -2.17. The second kappa shape index (κ2) is 10.7. The quantitative estimate of drug-likeness (QED) is 0.552. The van der Waals surface area contributed by atoms with Crippen LogP contribution in [0.2, 0.25) is 0 Å². The Labute approximate surface area is 175 Å². The predicted octanol–water partition coefficient (Wildman–Crippen LogP) is 1.85. The summed E-state index contributed by atoms with van der Waals surface area (Å²) in [6, 6.07) is 10.2. The van der Waals surface area contributed by atoms with Gasteiger partial charge in [0.25, 0.3) is 15.9 Å². The SMILES string of the molecule is COCCCNC(=O)CN(C)C(=O)c1ccc(NS(=O)(=O)c2ccc(F)cc2)cc1. The summed E-state index contributed by atoms with van der Waals surface area (Å²) in [6.07, 6.45) is 0.676. The van der Waals surface area contributed by atoms with Crippen LogP contribution < -0.4 is 10.0 Å². The molecule has 0 saturated carbocycles. The van der Waals surface area contributed by atoms with Crippen molar-refractivity contribution in [2.75, 3.05) is 38.6 Å². The van der Waals surface area contributed by atoms with Gasteiger partial charge in [0.15, 0.2) is 0 Å². The second-order valence-corrected chi connectivity index (χ2v) is 8.18. The van der Waals surface area contributed by atoms with Crippen molar-refractivity contribution in [3.63, 3.8) is 0 Å². The molecule has 2 aromatic rings. The molecule has 2 N–H and O–H groups in total. The van der Waals surface area contributed by atoms with Crippen molar-refractivity contribution in [1.82, 2.24) is 10.2 Å². The van der Waals surface area contributed by atoms with Gasteiger partial charge in [0.2, 0.25) is 5.91 Å². The van der Waals surface area contributed by atoms with Gasteiger partial charge in [-0.2, -0.15) is 0 Å². The molecular weight excluding hydrogens is 413 g/mol. The topological polar surface area (TPSA) is 105 Å². The molecule has 10 heteroatoms. The number of hydrogen-bond acceptors (Lipinski definition) is 5. The molecule has 0 heterocycles. The highest BCUT2D eigenvalue weighted by Gasteiger charge is 2.17. The average Bonchev–Trinajstić information content (AvgIpc) is 2.71. The van der Waals surface area contributed by atoms with E-state index in [9.17, 15) is 22.4 Å². The minimum atomic E-state index is -3.88. The molecule has 0 unspecified atom stereocenters. The number of methoxy groups -OCH3 is 1. The summed E-state index contributed by atoms with van der Waals surface area (Å²) in [5.41, 5.74) is 0.545. The van der Waals surface area contributed by atoms with Crippen molar-refractivity contribution < 1.29 is 27.1 Å². The lowest BCUT2D eigenvalue weighted by atomic mass is 10.2. The Morgan fingerprint density at radius 2 is 1.70 bits per heavy atom. The zero-order chi connectivity index (χ0) is 22.1. The molecule has 0 bridgehead atoms. The van der Waals surface area contributed by atoms with E-state index in [1.54, 1.807) is 7.11 Å². The van der Waals surface area contributed by atoms with Crippen LogP contribution in [0, 0.1) is 5.82 Å². The lowest BCUT2D eigenvalue weighted by Crippen LogP contribution is -2.38. The Balaban J connectivity index is 1.95. The maximum atomic E-state index is 13.0. The standard InChI is InChI=1S/C20H24FN3O5S/c1-24(14-19(25)22-12-3-13-29-2)20(26)15-4-8-17(9-5-15)23-30(27,28)18-10-6-16(21)7-11-18/h4-11,23H,3,12-14H2,1-2H3,(H,22,25). The van der Waals surface area contributed by atoms with Gasteiger partial charge in [0.1, 0.15) is 5.82 Å². The van der Waals surface area contributed by atoms with Gasteiger partial charge in [-0.3, -0.25) is 14.3 Å². The molecule has 8 nitrogen and oxygen atoms in total. The van der Waals surface area contributed by atoms with Crippen LogP contribution in [0.1, 0.15) is 16.8 Å². The van der Waals surface area contributed by atoms with Crippen molar-refractivity contribution in [2.45, 2.75) is 11.3 Å². The molecule has 162 valence electrons. The van der Waals surface area contributed by atoms with Crippen LogP contribution in [-0.4, -0.2) is 59.0 Å². The fourth-order valence-corrected chi connectivity index (χ4v) is 3.58. The number of rotatable bonds is 10. The number of benzene rings is 2. The predicted molar refractivity (Wildman–Crippen MR) is 110 cm³/mol. The third-order valence-corrected chi connectivity index (χ3v) is 5.48. The molecular formula is C20H24FN3O5S. The molecule has 2 aromatic carbocycles. The zero-order valence-corrected chi connectivity index (χ0v) is 17.5. The van der Waals surface area contributed by atoms with Gasteiger partial charge < -0.3 is 15.0 Å². The third-order valence-electron chi connectivity index (χ3n) is 4.08. The van der Waals surface area contributed by atoms with Crippen molar-refractivity contribution in [3.8, 4) is 0 Å². The van der Waals surface area contributed by atoms with Crippen LogP contribution in [-0.2, 0) is 19.6 Å². The van der Waals surface area contributed by atoms with E-state index in [4.69, 9.17) is 4.74 Å². The first kappa shape index (κ1) is 23.3. The van der Waals surface area contributed by atoms with Crippen LogP contribution >= 0.6 is 0 Å². The molecule has 0 aliphatic heterocycles. The Kier molecular flexibility index (Phi) is 8.31. The number of carbonyl (C=O) groups is 2. The van der Waals surface area contributed by atoms with Crippen molar-refractivity contribution in [1.29, 1.82) is 0 Å². The molecule has 0 saturated heterocycles. The van der Waals surface area contributed by atoms with Crippen LogP contribution in [0.25, 0.3) is 0 Å². The molecule has 0 aliphatic carbocycles. The Morgan fingerprint density at radius 1 is 1.07 bits per heavy atom. The maximum absolute atomic E-state index is 13.0. The summed E-state index contributed by atoms with van der Waals surface area (Å²) < 4.78 is 44.9. The van der Waals surface area contributed by atoms with Crippen LogP contribution in [0.5, 0.6) is 0 Å². The van der Waals surface area contributed by atoms with Crippen LogP contribution in [0.3, 0.4) is 0 Å². The van der Waals surface area contributed by atoms with Gasteiger partial charge >= 0.3 is 0 Å². The highest BCUT2D eigenvalue weighted by molar-refractivity contribution is 7.92. The Bertz CT molecular complexity index is 963. The Morgan fingerprint density at radius 3 is 2.30 bits per heavy atom. The number of halogens is 1. The number of amides is 2. The number of nitrogens with zero attached hydrogens (tertiary/aromatic N) is 1. The number of nitrogens with one attached hydrogen (secondary N) is 2. The number of carbonyl (C=O) groups excluding carboxylic acids is 2. The van der Waals surface area contributed by atoms with E-state index in [1.807, 2.05) is 0 Å². The summed E-state index contributed by atoms with van der Waals surface area (Å²) in [4.78, 5) is 25.5. The summed E-state index contributed by atoms with van der Waals surface area (Å²) in [5, 5.41) is 2.70. The summed E-state index contributed by atoms with van der Waals surface area (Å²) in [6.45, 7) is 0.884. The molecule has 0 atom stereocenters. The molecule has 0 aliphatic rings. The molecule has 2 rings (SSSR count). The van der Waals surface area contributed by atoms with Crippen LogP contribution in [0.15, 0.2) is 53.4 Å². The van der Waals surface area contributed by atoms with E-state index in [-0.39, 0.29) is 28.9 Å². The first-order valence-electron chi connectivity index (χ1n) is 9.12. The minimum absolute atomic E-state index is 0.0831. The van der Waals surface area contributed by atoms with Gasteiger partial charge in [-0.1, -0.05) is 0 Å². The zero-order valence-electron chi connectivity index (χ0n) is 16.7. The molecule has 0 spiro atoms. The van der Waals surface area contributed by atoms with Crippen molar-refractivity contribution in [3.05, 3.63) is 59.9 Å². The minimum Gasteiger partial charge on any atom is -0.385 e. The number of hydrogen-bond donors (Lipinski definition) is 2. The molecule has 0 aromatic heterocycles. The first-order chi connectivity index (χ1) is 14.2. The first-order valence-corrected chi connectivity index (χ1v) is 10.6. The Hall–Kier alpha value is -2.98. The van der Waals surface area contributed by atoms with Gasteiger partial charge in [-0.25, -0.2) is 12.8 Å². The summed E-state index contributed by atoms with van der Waals surface area (Å²) in [7, 11) is -0.804. The number of sulfonamides is 1. The van der Waals surface area contributed by atoms with E-state index in [0.29, 0.717) is 25.1 Å². The highest BCUT2D eigenvalue weighted by atomic mass is 32.2. The largest absolute Gasteiger partial charge is 0.385 e. The van der Waals surface area contributed by atoms with Gasteiger partial charge in [-0.15, -0.1) is 0 Å². The number of ether oxygens (including phenoxy) is 1. The highest BCUT2D eigenvalue weighted by Crippen LogP contribution is 2.17. The smallest absolute Gasteiger partial charge is 0.261 e. The molecule has 2 amide bonds. The van der Waals surface area contributed by atoms with Gasteiger partial charge in [-0.05, 0) is 55.0 Å². The fraction of sp³-hybridized carbons (Fsp3) is 0.300. The lowest BCUT2D eigenvalue weighted by molar-refractivity contribution is -0.121. The molecule has 0 fully saturated rings. The summed E-state index contributed by atoms with van der Waals surface area (Å²) >= 11 is 0. The van der Waals surface area contributed by atoms with E-state index >= 15 is 0 Å². The van der Waals surface area contributed by atoms with Gasteiger partial charge in [0.05, 0.1) is 11.4 Å². The fourth-order valence-electron chi connectivity index (χ4n) is 2.52. The third kappa shape index (κ3) is 6.82. The van der Waals surface area contributed by atoms with E-state index in [2.05, 4.69) is 10.0 Å². The monoisotopic (exact) mass is 437 g/mol. The normalized spacial score (nSPS) is 11.0. The average molecular weight is 437 g/mol. The molecule has 0 radical (unpaired) electrons. The maximum Gasteiger partial charge on any atom is 0.261 e. The number of anilines is 1. The van der Waals surface area contributed by atoms with Crippen molar-refractivity contribution >= 4 is 27.5 Å². The number of likely N-dealkylation sites (N-methyl/N-ethyl adjacent to an activating group) is 1. The second-order valence-electron chi connectivity index (χ2n) is 6.49. The van der Waals surface area contributed by atoms with E-state index in [0.717, 1.165) is 24.3 Å².